The van der Waals surface area contributed by atoms with Crippen molar-refractivity contribution in [2.75, 3.05) is 13.1 Å². The fraction of sp³-hybridized carbons (Fsp3) is 0.625. The number of hydrogen-bond acceptors (Lipinski definition) is 4. The first-order valence-electron chi connectivity index (χ1n) is 7.48. The first kappa shape index (κ1) is 17.2. The Bertz CT molecular complexity index is 534. The molecule has 1 aromatic rings. The van der Waals surface area contributed by atoms with Crippen LogP contribution in [0, 0.1) is 0 Å². The van der Waals surface area contributed by atoms with E-state index >= 15 is 0 Å². The van der Waals surface area contributed by atoms with Crippen LogP contribution in [0.4, 0.5) is 4.79 Å². The van der Waals surface area contributed by atoms with Gasteiger partial charge in [-0.3, -0.25) is 4.98 Å². The van der Waals surface area contributed by atoms with E-state index in [1.807, 2.05) is 32.9 Å². The molecule has 0 aliphatic carbocycles. The zero-order chi connectivity index (χ0) is 16.4. The van der Waals surface area contributed by atoms with E-state index in [4.69, 9.17) is 4.74 Å². The number of rotatable bonds is 2. The number of carbonyl (C=O) groups is 1. The smallest absolute Gasteiger partial charge is 0.410 e. The van der Waals surface area contributed by atoms with Crippen molar-refractivity contribution in [3.8, 4) is 0 Å². The van der Waals surface area contributed by atoms with Crippen molar-refractivity contribution in [2.24, 2.45) is 0 Å². The van der Waals surface area contributed by atoms with Crippen LogP contribution in [0.25, 0.3) is 0 Å². The zero-order valence-corrected chi connectivity index (χ0v) is 14.9. The molecular weight excluding hydrogens is 348 g/mol. The molecule has 1 aliphatic rings. The van der Waals surface area contributed by atoms with Gasteiger partial charge in [0.2, 0.25) is 0 Å². The van der Waals surface area contributed by atoms with Crippen LogP contribution < -0.4 is 0 Å². The molecule has 0 bridgehead atoms. The second kappa shape index (κ2) is 6.54. The molecule has 1 aromatic heterocycles. The quantitative estimate of drug-likeness (QED) is 0.868. The van der Waals surface area contributed by atoms with Crippen molar-refractivity contribution in [1.29, 1.82) is 0 Å². The van der Waals surface area contributed by atoms with Gasteiger partial charge < -0.3 is 14.7 Å². The summed E-state index contributed by atoms with van der Waals surface area (Å²) < 4.78 is 6.27. The van der Waals surface area contributed by atoms with Crippen LogP contribution in [0.1, 0.15) is 39.3 Å². The molecule has 1 fully saturated rings. The summed E-state index contributed by atoms with van der Waals surface area (Å²) in [5.74, 6) is 0. The summed E-state index contributed by atoms with van der Waals surface area (Å²) in [5, 5.41) is 10.7. The number of halogens is 1. The predicted octanol–water partition coefficient (Wildman–Crippen LogP) is 3.15. The topological polar surface area (TPSA) is 62.7 Å². The van der Waals surface area contributed by atoms with E-state index < -0.39 is 11.2 Å². The highest BCUT2D eigenvalue weighted by molar-refractivity contribution is 9.10. The Morgan fingerprint density at radius 2 is 2.09 bits per heavy atom. The molecule has 1 aliphatic heterocycles. The minimum absolute atomic E-state index is 0.312. The monoisotopic (exact) mass is 370 g/mol. The lowest BCUT2D eigenvalue weighted by atomic mass is 9.87. The highest BCUT2D eigenvalue weighted by Crippen LogP contribution is 2.29. The van der Waals surface area contributed by atoms with E-state index in [-0.39, 0.29) is 6.09 Å². The van der Waals surface area contributed by atoms with Gasteiger partial charge in [-0.25, -0.2) is 4.79 Å². The first-order valence-corrected chi connectivity index (χ1v) is 8.28. The Kier molecular flexibility index (Phi) is 5.12. The second-order valence-corrected chi connectivity index (χ2v) is 7.65. The summed E-state index contributed by atoms with van der Waals surface area (Å²) in [6.45, 7) is 6.54. The molecule has 1 N–H and O–H groups in total. The van der Waals surface area contributed by atoms with Crippen molar-refractivity contribution in [3.63, 3.8) is 0 Å². The fourth-order valence-corrected chi connectivity index (χ4v) is 2.86. The van der Waals surface area contributed by atoms with Gasteiger partial charge in [0.1, 0.15) is 5.60 Å². The van der Waals surface area contributed by atoms with Crippen molar-refractivity contribution < 1.29 is 14.6 Å². The van der Waals surface area contributed by atoms with Crippen LogP contribution in [0.15, 0.2) is 22.8 Å². The maximum atomic E-state index is 12.0. The third-order valence-corrected chi connectivity index (χ3v) is 4.40. The molecule has 0 atom stereocenters. The molecule has 1 saturated heterocycles. The SMILES string of the molecule is CC(C)(C)OC(=O)N1CCC(O)(Cc2ncccc2Br)CC1. The highest BCUT2D eigenvalue weighted by atomic mass is 79.9. The summed E-state index contributed by atoms with van der Waals surface area (Å²) in [6.07, 6.45) is 2.94. The molecular formula is C16H23BrN2O3. The van der Waals surface area contributed by atoms with Crippen LogP contribution >= 0.6 is 15.9 Å². The third-order valence-electron chi connectivity index (χ3n) is 3.68. The number of ether oxygens (including phenoxy) is 1. The van der Waals surface area contributed by atoms with Gasteiger partial charge >= 0.3 is 6.09 Å². The summed E-state index contributed by atoms with van der Waals surface area (Å²) in [4.78, 5) is 18.0. The number of aliphatic hydroxyl groups is 1. The van der Waals surface area contributed by atoms with E-state index in [1.54, 1.807) is 11.1 Å². The van der Waals surface area contributed by atoms with E-state index in [9.17, 15) is 9.90 Å². The number of pyridine rings is 1. The van der Waals surface area contributed by atoms with Gasteiger partial charge in [-0.1, -0.05) is 0 Å². The molecule has 0 unspecified atom stereocenters. The summed E-state index contributed by atoms with van der Waals surface area (Å²) in [7, 11) is 0. The van der Waals surface area contributed by atoms with Gasteiger partial charge in [0.25, 0.3) is 0 Å². The molecule has 2 rings (SSSR count). The van der Waals surface area contributed by atoms with Crippen molar-refractivity contribution in [3.05, 3.63) is 28.5 Å². The summed E-state index contributed by atoms with van der Waals surface area (Å²) in [6, 6.07) is 3.77. The Balaban J connectivity index is 1.93. The molecule has 6 heteroatoms. The fourth-order valence-electron chi connectivity index (χ4n) is 2.47. The van der Waals surface area contributed by atoms with Crippen LogP contribution in [0.2, 0.25) is 0 Å². The molecule has 0 saturated carbocycles. The van der Waals surface area contributed by atoms with Crippen LogP contribution in [0.5, 0.6) is 0 Å². The van der Waals surface area contributed by atoms with Crippen molar-refractivity contribution in [1.82, 2.24) is 9.88 Å². The van der Waals surface area contributed by atoms with Crippen molar-refractivity contribution in [2.45, 2.75) is 51.2 Å². The molecule has 0 aromatic carbocycles. The second-order valence-electron chi connectivity index (χ2n) is 6.80. The first-order chi connectivity index (χ1) is 10.2. The Labute approximate surface area is 139 Å². The van der Waals surface area contributed by atoms with E-state index in [2.05, 4.69) is 20.9 Å². The minimum atomic E-state index is -0.824. The van der Waals surface area contributed by atoms with Crippen LogP contribution in [-0.4, -0.2) is 45.4 Å². The number of carbonyl (C=O) groups excluding carboxylic acids is 1. The average Bonchev–Trinajstić information content (AvgIpc) is 2.40. The molecule has 1 amide bonds. The lowest BCUT2D eigenvalue weighted by molar-refractivity contribution is -0.0320. The predicted molar refractivity (Wildman–Crippen MR) is 87.6 cm³/mol. The maximum Gasteiger partial charge on any atom is 0.410 e. The molecule has 2 heterocycles. The molecule has 122 valence electrons. The normalized spacial score (nSPS) is 18.1. The number of piperidine rings is 1. The number of amides is 1. The van der Waals surface area contributed by atoms with E-state index in [0.717, 1.165) is 10.2 Å². The van der Waals surface area contributed by atoms with Gasteiger partial charge in [0.15, 0.2) is 0 Å². The third kappa shape index (κ3) is 4.68. The van der Waals surface area contributed by atoms with E-state index in [1.165, 1.54) is 0 Å². The maximum absolute atomic E-state index is 12.0. The lowest BCUT2D eigenvalue weighted by Gasteiger charge is -2.38. The highest BCUT2D eigenvalue weighted by Gasteiger charge is 2.36. The lowest BCUT2D eigenvalue weighted by Crippen LogP contribution is -2.49. The molecule has 0 spiro atoms. The Morgan fingerprint density at radius 3 is 2.64 bits per heavy atom. The average molecular weight is 371 g/mol. The molecule has 5 nitrogen and oxygen atoms in total. The Hall–Kier alpha value is -1.14. The largest absolute Gasteiger partial charge is 0.444 e. The van der Waals surface area contributed by atoms with Gasteiger partial charge in [0.05, 0.1) is 11.3 Å². The van der Waals surface area contributed by atoms with Gasteiger partial charge in [-0.2, -0.15) is 0 Å². The zero-order valence-electron chi connectivity index (χ0n) is 13.3. The van der Waals surface area contributed by atoms with Gasteiger partial charge in [-0.15, -0.1) is 0 Å². The minimum Gasteiger partial charge on any atom is -0.444 e. The Morgan fingerprint density at radius 1 is 1.45 bits per heavy atom. The van der Waals surface area contributed by atoms with E-state index in [0.29, 0.717) is 32.4 Å². The van der Waals surface area contributed by atoms with Gasteiger partial charge in [-0.05, 0) is 61.7 Å². The van der Waals surface area contributed by atoms with Crippen LogP contribution in [0.3, 0.4) is 0 Å². The number of aromatic nitrogens is 1. The van der Waals surface area contributed by atoms with Crippen molar-refractivity contribution >= 4 is 22.0 Å². The van der Waals surface area contributed by atoms with Gasteiger partial charge in [0, 0.05) is 30.2 Å². The number of likely N-dealkylation sites (tertiary alicyclic amines) is 1. The molecule has 22 heavy (non-hydrogen) atoms. The molecule has 0 radical (unpaired) electrons. The van der Waals surface area contributed by atoms with Crippen LogP contribution in [-0.2, 0) is 11.2 Å². The summed E-state index contributed by atoms with van der Waals surface area (Å²) >= 11 is 3.46. The standard InChI is InChI=1S/C16H23BrN2O3/c1-15(2,3)22-14(20)19-9-6-16(21,7-10-19)11-13-12(17)5-4-8-18-13/h4-5,8,21H,6-7,9-11H2,1-3H3. The summed E-state index contributed by atoms with van der Waals surface area (Å²) in [5.41, 5.74) is -0.477. The number of nitrogens with zero attached hydrogens (tertiary/aromatic N) is 2. The number of hydrogen-bond donors (Lipinski definition) is 1.